The average molecular weight is 1870 g/mol. The number of unbranched alkanes of at least 4 members (excludes halogenated alkanes) is 3. The Morgan fingerprint density at radius 1 is 0.606 bits per heavy atom. The van der Waals surface area contributed by atoms with Gasteiger partial charge in [-0.2, -0.15) is 11.3 Å². The quantitative estimate of drug-likeness (QED) is 0.0117. The molecule has 1 aliphatic rings. The van der Waals surface area contributed by atoms with Crippen molar-refractivity contribution < 1.29 is 147 Å². The smallest absolute Gasteiger partial charge is 0.497 e. The summed E-state index contributed by atoms with van der Waals surface area (Å²) >= 11 is 4.63. The first kappa shape index (κ1) is 121. The SMILES string of the molecule is CB(O)O.CC(=O)c1ccc(B(O)O)cc1.CC(C)(C)NS(=O)(=O)c1ccccc1B(O)O.CCCCC/C=C/B(O)O.CN(C)c1ccc(B(O)O)cc1.COc1ccc(C)cc1B(O)O.Cc1ccc(B(O)O)c(F)c1.Cc1noc(C)c1B(O)O.OB(O)C1CCCCC1.OB(O)c1ccc(CBr)cc1.OB(O)c1cccs1.[C-]#[N+]c1ccc(B(O)O)cc1. The van der Waals surface area contributed by atoms with E-state index in [1.807, 2.05) is 56.3 Å². The van der Waals surface area contributed by atoms with Gasteiger partial charge in [0.25, 0.3) is 0 Å². The fraction of sp³-hybridized carbons (Fsp3) is 0.321. The Labute approximate surface area is 759 Å². The number of ether oxygens (including phenoxy) is 1. The number of hydrogen-bond donors (Lipinski definition) is 25. The highest BCUT2D eigenvalue weighted by Crippen LogP contribution is 2.29. The third-order valence-corrected chi connectivity index (χ3v) is 20.0. The molecule has 0 bridgehead atoms. The Morgan fingerprint density at radius 2 is 1.07 bits per heavy atom. The third-order valence-electron chi connectivity index (χ3n) is 16.6. The van der Waals surface area contributed by atoms with Crippen molar-refractivity contribution in [3.63, 3.8) is 0 Å². The summed E-state index contributed by atoms with van der Waals surface area (Å²) in [5, 5.41) is 213. The van der Waals surface area contributed by atoms with Crippen molar-refractivity contribution in [2.45, 2.75) is 149 Å². The molecule has 0 atom stereocenters. The molecule has 10 rings (SSSR count). The molecule has 49 heteroatoms. The summed E-state index contributed by atoms with van der Waals surface area (Å²) in [4.78, 5) is 15.8. The highest BCUT2D eigenvalue weighted by atomic mass is 79.9. The molecular weight excluding hydrogens is 1750 g/mol. The zero-order valence-electron chi connectivity index (χ0n) is 73.2. The van der Waals surface area contributed by atoms with Gasteiger partial charge >= 0.3 is 85.4 Å². The van der Waals surface area contributed by atoms with Gasteiger partial charge in [-0.3, -0.25) is 4.79 Å². The van der Waals surface area contributed by atoms with Crippen LogP contribution in [0.25, 0.3) is 4.85 Å². The minimum absolute atomic E-state index is 0.0334. The number of ketones is 1. The van der Waals surface area contributed by atoms with Crippen LogP contribution in [-0.4, -0.2) is 252 Å². The molecule has 7 aromatic carbocycles. The van der Waals surface area contributed by atoms with Crippen LogP contribution in [0.15, 0.2) is 197 Å². The highest BCUT2D eigenvalue weighted by Gasteiger charge is 2.29. The second-order valence-corrected chi connectivity index (χ2v) is 32.0. The number of allylic oxidation sites excluding steroid dienone is 1. The lowest BCUT2D eigenvalue weighted by atomic mass is 9.65. The molecule has 25 N–H and O–H groups in total. The molecule has 127 heavy (non-hydrogen) atoms. The lowest BCUT2D eigenvalue weighted by molar-refractivity contribution is 0.101. The summed E-state index contributed by atoms with van der Waals surface area (Å²) < 4.78 is 49.5. The van der Waals surface area contributed by atoms with Crippen molar-refractivity contribution in [1.29, 1.82) is 0 Å². The second kappa shape index (κ2) is 66.5. The first-order valence-corrected chi connectivity index (χ1v) is 42.8. The number of nitrogens with zero attached hydrogens (tertiary/aromatic N) is 3. The van der Waals surface area contributed by atoms with Gasteiger partial charge < -0.3 is 135 Å². The Bertz CT molecular complexity index is 4560. The Hall–Kier alpha value is -7.91. The van der Waals surface area contributed by atoms with E-state index in [1.165, 1.54) is 125 Å². The van der Waals surface area contributed by atoms with E-state index in [1.54, 1.807) is 138 Å². The highest BCUT2D eigenvalue weighted by molar-refractivity contribution is 9.08. The molecule has 9 aromatic rings. The normalized spacial score (nSPS) is 10.9. The second-order valence-electron chi connectivity index (χ2n) is 28.8. The molecule has 0 radical (unpaired) electrons. The van der Waals surface area contributed by atoms with Crippen LogP contribution in [0.2, 0.25) is 12.6 Å². The van der Waals surface area contributed by atoms with Crippen LogP contribution in [0.1, 0.15) is 131 Å². The number of anilines is 1. The zero-order chi connectivity index (χ0) is 97.4. The van der Waals surface area contributed by atoms with E-state index in [4.69, 9.17) is 132 Å². The number of methoxy groups -OCH3 is 1. The average Bonchev–Trinajstić information content (AvgIpc) is 1.56. The van der Waals surface area contributed by atoms with E-state index in [9.17, 15) is 17.6 Å². The number of rotatable bonds is 21. The van der Waals surface area contributed by atoms with E-state index in [0.29, 0.717) is 66.0 Å². The van der Waals surface area contributed by atoms with Gasteiger partial charge in [0.2, 0.25) is 10.0 Å². The number of Topliss-reactive ketones (excluding diaryl/α,β-unsaturated/α-hetero) is 1. The maximum absolute atomic E-state index is 12.8. The summed E-state index contributed by atoms with van der Waals surface area (Å²) in [5.41, 5.74) is 7.30. The molecule has 0 unspecified atom stereocenters. The van der Waals surface area contributed by atoms with E-state index < -0.39 is 107 Å². The maximum atomic E-state index is 12.8. The Balaban J connectivity index is 0. The summed E-state index contributed by atoms with van der Waals surface area (Å²) in [6.45, 7) is 23.5. The molecule has 684 valence electrons. The molecule has 2 heterocycles. The fourth-order valence-corrected chi connectivity index (χ4v) is 12.7. The number of halogens is 2. The standard InChI is InChI=1S/C10H16BNO4S.C8H12BNO2.C8H11BO3.C8H9BO3.C7H8BBrO2.C7H8BFO2.C7H6BNO2.C7H15BO2.C6H13BO2.C5H8BNO3.C4H5BO2S.CH5BO2/c1-10(2,3)12-17(15,16)9-7-5-4-6-8(9)11(13)14;1-10(2)8-5-3-7(4-6-8)9(11)12;1-6-3-4-8(12-2)7(5-6)9(10)11;1-6(10)7-2-4-8(5-3-7)9(11)12;9-5-6-1-3-7(4-2-6)8(10)11;1-5-2-3-6(8(10)11)7(9)4-5;1-9-7-4-2-6(3-5-7)8(10)11;1-2-3-4-5-6-7-8(9)10;8-7(9)6-4-2-1-3-5-6;1-3-5(6(8)9)4(2)10-7-3;6-5(7)4-2-1-3-8-4;1-2(3)4/h4-7,12-14H,1-3H3;3-6,11-12H,1-2H3;3-5,10-11H,1-2H3;2-5,11-12H,1H3;1-4,10-11H,5H2;2-4,10-11H,1H3;2-5,10-11H;6-7,9-10H,2-5H2,1H3;6,8-9H,1-5H2;8-9H,1-2H3;1-3,6-7H;3-4H,1H3/b;;;;;;;7-6+;;;;. The van der Waals surface area contributed by atoms with Crippen LogP contribution in [0.5, 0.6) is 5.75 Å². The van der Waals surface area contributed by atoms with Crippen molar-refractivity contribution in [2.24, 2.45) is 0 Å². The number of hydrogen-bond acceptors (Lipinski definition) is 32. The minimum Gasteiger partial charge on any atom is -0.497 e. The number of thiophene rings is 1. The number of carbonyl (C=O) groups excluding carboxylic acids is 1. The largest absolute Gasteiger partial charge is 0.499 e. The molecular formula is C78H116B12BrFN4O29S2. The molecule has 0 spiro atoms. The van der Waals surface area contributed by atoms with Crippen LogP contribution in [0.4, 0.5) is 15.8 Å². The number of alkyl halides is 1. The van der Waals surface area contributed by atoms with Gasteiger partial charge in [0.15, 0.2) is 11.5 Å². The van der Waals surface area contributed by atoms with Crippen LogP contribution >= 0.6 is 27.3 Å². The van der Waals surface area contributed by atoms with Gasteiger partial charge in [0.1, 0.15) is 17.3 Å². The number of aromatic nitrogens is 1. The lowest BCUT2D eigenvalue weighted by Crippen LogP contribution is -2.44. The topological polar surface area (TPSA) is 592 Å². The summed E-state index contributed by atoms with van der Waals surface area (Å²) in [7, 11) is -15.3. The molecule has 2 aromatic heterocycles. The molecule has 1 saturated carbocycles. The van der Waals surface area contributed by atoms with Crippen LogP contribution in [-0.2, 0) is 15.4 Å². The predicted octanol–water partition coefficient (Wildman–Crippen LogP) is -2.46. The van der Waals surface area contributed by atoms with Crippen LogP contribution in [0, 0.1) is 40.1 Å². The lowest BCUT2D eigenvalue weighted by Gasteiger charge is -2.21. The monoisotopic (exact) mass is 1870 g/mol. The molecule has 0 saturated heterocycles. The van der Waals surface area contributed by atoms with Crippen molar-refractivity contribution in [2.75, 3.05) is 26.1 Å². The minimum atomic E-state index is -3.76. The first-order valence-electron chi connectivity index (χ1n) is 39.3. The summed E-state index contributed by atoms with van der Waals surface area (Å²) in [6.07, 6.45) is 11.9. The Kier molecular flexibility index (Phi) is 63.4. The van der Waals surface area contributed by atoms with Gasteiger partial charge in [-0.15, -0.1) is 0 Å². The third kappa shape index (κ3) is 55.0. The van der Waals surface area contributed by atoms with Crippen molar-refractivity contribution >= 4 is 188 Å². The van der Waals surface area contributed by atoms with Crippen LogP contribution < -0.4 is 62.8 Å². The fourth-order valence-electron chi connectivity index (χ4n) is 10.1. The van der Waals surface area contributed by atoms with Gasteiger partial charge in [0, 0.05) is 62.8 Å². The van der Waals surface area contributed by atoms with Crippen LogP contribution in [0.3, 0.4) is 0 Å². The van der Waals surface area contributed by atoms with Gasteiger partial charge in [-0.1, -0.05) is 230 Å². The molecule has 0 aliphatic heterocycles. The maximum Gasteiger partial charge on any atom is 0.499 e. The van der Waals surface area contributed by atoms with Crippen molar-refractivity contribution in [3.05, 3.63) is 238 Å². The molecule has 0 amide bonds. The van der Waals surface area contributed by atoms with Gasteiger partial charge in [-0.05, 0) is 150 Å². The van der Waals surface area contributed by atoms with Gasteiger partial charge in [-0.25, -0.2) is 22.4 Å². The first-order chi connectivity index (χ1) is 59.3. The predicted molar refractivity (Wildman–Crippen MR) is 510 cm³/mol. The van der Waals surface area contributed by atoms with Crippen molar-refractivity contribution in [3.8, 4) is 5.75 Å². The number of benzene rings is 7. The number of carbonyl (C=O) groups is 1. The van der Waals surface area contributed by atoms with Crippen molar-refractivity contribution in [1.82, 2.24) is 9.88 Å². The summed E-state index contributed by atoms with van der Waals surface area (Å²) in [5.74, 6) is 1.89. The van der Waals surface area contributed by atoms with E-state index in [2.05, 4.69) is 42.1 Å². The number of nitrogens with one attached hydrogen (secondary N) is 1. The number of sulfonamides is 1. The molecule has 1 aliphatic carbocycles. The molecule has 33 nitrogen and oxygen atoms in total. The molecule has 1 fully saturated rings. The van der Waals surface area contributed by atoms with E-state index >= 15 is 0 Å². The van der Waals surface area contributed by atoms with Gasteiger partial charge in [0.05, 0.1) is 24.3 Å². The van der Waals surface area contributed by atoms with E-state index in [0.717, 1.165) is 53.4 Å². The zero-order valence-corrected chi connectivity index (χ0v) is 76.4. The Morgan fingerprint density at radius 3 is 1.42 bits per heavy atom. The van der Waals surface area contributed by atoms with E-state index in [-0.39, 0.29) is 27.4 Å². The number of aryl methyl sites for hydroxylation is 4. The summed E-state index contributed by atoms with van der Waals surface area (Å²) in [6, 6.07) is 45.2.